The van der Waals surface area contributed by atoms with Crippen LogP contribution < -0.4 is 16.0 Å². The molecule has 19 nitrogen and oxygen atoms in total. The smallest absolute Gasteiger partial charge is 0.465 e. The van der Waals surface area contributed by atoms with Gasteiger partial charge in [0.1, 0.15) is 33.0 Å². The Kier molecular flexibility index (Phi) is 31.9. The van der Waals surface area contributed by atoms with E-state index >= 15 is 0 Å². The highest BCUT2D eigenvalue weighted by atomic mass is 32.2. The maximum atomic E-state index is 13.0. The molecule has 3 N–H and O–H groups in total. The van der Waals surface area contributed by atoms with Crippen molar-refractivity contribution in [1.82, 2.24) is 16.0 Å². The lowest BCUT2D eigenvalue weighted by molar-refractivity contribution is -0.160. The lowest BCUT2D eigenvalue weighted by atomic mass is 9.94. The topological polar surface area (TPSA) is 246 Å². The second-order valence-electron chi connectivity index (χ2n) is 14.8. The molecule has 0 radical (unpaired) electrons. The molecule has 0 rings (SSSR count). The molecule has 3 amide bonds. The van der Waals surface area contributed by atoms with Crippen LogP contribution in [0.2, 0.25) is 6.04 Å². The summed E-state index contributed by atoms with van der Waals surface area (Å²) in [5.41, 5.74) is -0.765. The molecule has 23 heteroatoms. The van der Waals surface area contributed by atoms with Crippen LogP contribution in [0.3, 0.4) is 0 Å². The second-order valence-corrected chi connectivity index (χ2v) is 21.7. The molecule has 0 aromatic carbocycles. The normalized spacial score (nSPS) is 13.5. The Morgan fingerprint density at radius 2 is 0.859 bits per heavy atom. The summed E-state index contributed by atoms with van der Waals surface area (Å²) in [7, 11) is -2.85. The minimum absolute atomic E-state index is 0.0541. The number of esters is 5. The number of ether oxygens (including phenoxy) is 5. The quantitative estimate of drug-likeness (QED) is 0.0226. The largest absolute Gasteiger partial charge is 0.500 e. The van der Waals surface area contributed by atoms with Crippen molar-refractivity contribution in [2.75, 3.05) is 72.5 Å². The van der Waals surface area contributed by atoms with Gasteiger partial charge in [0, 0.05) is 59.3 Å². The van der Waals surface area contributed by atoms with E-state index in [0.29, 0.717) is 38.8 Å². The summed E-state index contributed by atoms with van der Waals surface area (Å²) in [4.78, 5) is 99.0. The first-order valence-electron chi connectivity index (χ1n) is 21.0. The SMILES string of the molecule is C=C(C)C(=O)OCCNC(=O)SC(C)CC(=O)OCC(C)(COC(=O)CC(C)SC(=O)NCCC[Si](OCC)(OCC)OCC)COC(=O)CC(C)SC(=O)NCCOC(=O)C(=C)C. The third kappa shape index (κ3) is 29.8. The molecular weight excluding hydrogens is 915 g/mol. The van der Waals surface area contributed by atoms with Gasteiger partial charge in [0.2, 0.25) is 0 Å². The number of amides is 3. The summed E-state index contributed by atoms with van der Waals surface area (Å²) in [5, 5.41) is 5.26. The highest BCUT2D eigenvalue weighted by Gasteiger charge is 2.39. The molecule has 0 aromatic rings. The molecule has 0 bridgehead atoms. The Balaban J connectivity index is 5.33. The van der Waals surface area contributed by atoms with Gasteiger partial charge in [-0.15, -0.1) is 0 Å². The van der Waals surface area contributed by atoms with Crippen LogP contribution in [0.1, 0.15) is 88.0 Å². The first kappa shape index (κ1) is 60.4. The number of hydrogen-bond donors (Lipinski definition) is 3. The number of rotatable bonds is 33. The fourth-order valence-electron chi connectivity index (χ4n) is 4.90. The van der Waals surface area contributed by atoms with Gasteiger partial charge in [0.15, 0.2) is 0 Å². The number of hydrogen-bond acceptors (Lipinski definition) is 19. The Bertz CT molecular complexity index is 1470. The molecule has 0 aromatic heterocycles. The summed E-state index contributed by atoms with van der Waals surface area (Å²) in [5.74, 6) is -3.14. The predicted molar refractivity (Wildman–Crippen MR) is 248 cm³/mol. The molecule has 64 heavy (non-hydrogen) atoms. The zero-order valence-electron chi connectivity index (χ0n) is 38.7. The van der Waals surface area contributed by atoms with Gasteiger partial charge in [0.25, 0.3) is 15.7 Å². The van der Waals surface area contributed by atoms with E-state index in [0.717, 1.165) is 35.3 Å². The number of nitrogens with one attached hydrogen (secondary N) is 3. The standard InChI is InChI=1S/C41H69N3O16S3Si/c1-12-58-64(59-13-2,60-14-3)21-15-16-42-38(50)61-30(8)22-33(45)55-25-41(11,26-56-34(46)23-31(9)62-39(51)43-17-19-53-36(48)28(4)5)27-57-35(47)24-32(10)63-40(52)44-18-20-54-37(49)29(6)7/h30-32H,4,6,12-27H2,1-3,5,7-11H3,(H,42,50)(H,43,51)(H,44,52). The van der Waals surface area contributed by atoms with Crippen LogP contribution in [0.4, 0.5) is 14.4 Å². The van der Waals surface area contributed by atoms with E-state index in [-0.39, 0.29) is 81.8 Å². The maximum absolute atomic E-state index is 13.0. The molecule has 3 atom stereocenters. The zero-order chi connectivity index (χ0) is 48.7. The summed E-state index contributed by atoms with van der Waals surface area (Å²) >= 11 is 2.63. The number of carbonyl (C=O) groups excluding carboxylic acids is 8. The lowest BCUT2D eigenvalue weighted by Gasteiger charge is -2.28. The van der Waals surface area contributed by atoms with Crippen LogP contribution in [-0.4, -0.2) is 143 Å². The summed E-state index contributed by atoms with van der Waals surface area (Å²) < 4.78 is 44.0. The minimum Gasteiger partial charge on any atom is -0.465 e. The van der Waals surface area contributed by atoms with Crippen molar-refractivity contribution in [3.05, 3.63) is 24.3 Å². The van der Waals surface area contributed by atoms with Gasteiger partial charge in [0.05, 0.1) is 37.8 Å². The molecule has 0 aliphatic carbocycles. The molecule has 0 saturated heterocycles. The van der Waals surface area contributed by atoms with Gasteiger partial charge in [-0.1, -0.05) is 69.2 Å². The van der Waals surface area contributed by atoms with Crippen molar-refractivity contribution in [2.45, 2.75) is 110 Å². The van der Waals surface area contributed by atoms with Crippen molar-refractivity contribution in [2.24, 2.45) is 5.41 Å². The van der Waals surface area contributed by atoms with Crippen LogP contribution in [0, 0.1) is 5.41 Å². The molecule has 3 unspecified atom stereocenters. The fraction of sp³-hybridized carbons (Fsp3) is 0.707. The van der Waals surface area contributed by atoms with E-state index in [2.05, 4.69) is 29.1 Å². The lowest BCUT2D eigenvalue weighted by Crippen LogP contribution is -2.46. The Labute approximate surface area is 391 Å². The highest BCUT2D eigenvalue weighted by Crippen LogP contribution is 2.24. The van der Waals surface area contributed by atoms with E-state index in [9.17, 15) is 38.4 Å². The number of carbonyl (C=O) groups is 8. The molecule has 0 aliphatic heterocycles. The third-order valence-corrected chi connectivity index (χ3v) is 13.9. The predicted octanol–water partition coefficient (Wildman–Crippen LogP) is 5.96. The first-order valence-corrected chi connectivity index (χ1v) is 25.5. The van der Waals surface area contributed by atoms with Gasteiger partial charge < -0.3 is 52.9 Å². The average molecular weight is 984 g/mol. The van der Waals surface area contributed by atoms with Crippen LogP contribution in [-0.2, 0) is 60.9 Å². The summed E-state index contributed by atoms with van der Waals surface area (Å²) in [6.45, 7) is 22.8. The molecule has 0 aliphatic rings. The van der Waals surface area contributed by atoms with Crippen LogP contribution in [0.5, 0.6) is 0 Å². The van der Waals surface area contributed by atoms with Gasteiger partial charge in [-0.25, -0.2) is 9.59 Å². The van der Waals surface area contributed by atoms with E-state index in [1.807, 2.05) is 20.8 Å². The molecule has 0 fully saturated rings. The zero-order valence-corrected chi connectivity index (χ0v) is 42.2. The van der Waals surface area contributed by atoms with Crippen molar-refractivity contribution in [1.29, 1.82) is 0 Å². The Hall–Kier alpha value is -3.61. The third-order valence-electron chi connectivity index (χ3n) is 7.96. The molecule has 366 valence electrons. The van der Waals surface area contributed by atoms with Crippen molar-refractivity contribution < 1.29 is 75.3 Å². The van der Waals surface area contributed by atoms with Gasteiger partial charge >= 0.3 is 38.7 Å². The van der Waals surface area contributed by atoms with Crippen molar-refractivity contribution in [3.8, 4) is 0 Å². The van der Waals surface area contributed by atoms with E-state index in [1.165, 1.54) is 13.8 Å². The molecule has 0 spiro atoms. The van der Waals surface area contributed by atoms with Gasteiger partial charge in [-0.3, -0.25) is 28.8 Å². The van der Waals surface area contributed by atoms with Gasteiger partial charge in [-0.05, 0) is 48.0 Å². The number of thioether (sulfide) groups is 3. The molecule has 0 saturated carbocycles. The monoisotopic (exact) mass is 983 g/mol. The van der Waals surface area contributed by atoms with Crippen molar-refractivity contribution >= 4 is 89.7 Å². The molecule has 0 heterocycles. The van der Waals surface area contributed by atoms with E-state index in [4.69, 9.17) is 37.0 Å². The fourth-order valence-corrected chi connectivity index (χ4v) is 9.83. The Morgan fingerprint density at radius 3 is 1.16 bits per heavy atom. The summed E-state index contributed by atoms with van der Waals surface area (Å²) in [6.07, 6.45) is 0.0893. The van der Waals surface area contributed by atoms with Crippen molar-refractivity contribution in [3.63, 3.8) is 0 Å². The Morgan fingerprint density at radius 1 is 0.547 bits per heavy atom. The van der Waals surface area contributed by atoms with E-state index in [1.54, 1.807) is 27.7 Å². The van der Waals surface area contributed by atoms with Crippen LogP contribution in [0.15, 0.2) is 24.3 Å². The average Bonchev–Trinajstić information content (AvgIpc) is 3.20. The summed E-state index contributed by atoms with van der Waals surface area (Å²) in [6, 6.07) is 0.526. The van der Waals surface area contributed by atoms with E-state index < -0.39 is 70.3 Å². The van der Waals surface area contributed by atoms with Crippen LogP contribution in [0.25, 0.3) is 0 Å². The minimum atomic E-state index is -2.85. The first-order chi connectivity index (χ1) is 30.1. The van der Waals surface area contributed by atoms with Gasteiger partial charge in [-0.2, -0.15) is 0 Å². The van der Waals surface area contributed by atoms with Crippen LogP contribution >= 0.6 is 35.3 Å². The second kappa shape index (κ2) is 33.8. The maximum Gasteiger partial charge on any atom is 0.500 e. The highest BCUT2D eigenvalue weighted by molar-refractivity contribution is 8.14. The molecular formula is C41H69N3O16S3Si.